The number of aliphatic hydroxyl groups excluding tert-OH is 1. The Labute approximate surface area is 174 Å². The molecule has 2 unspecified atom stereocenters. The third-order valence-electron chi connectivity index (χ3n) is 5.07. The van der Waals surface area contributed by atoms with Gasteiger partial charge in [0.15, 0.2) is 5.78 Å². The summed E-state index contributed by atoms with van der Waals surface area (Å²) in [5, 5.41) is 10.6. The quantitative estimate of drug-likeness (QED) is 0.676. The zero-order chi connectivity index (χ0) is 20.9. The van der Waals surface area contributed by atoms with Crippen molar-refractivity contribution in [2.45, 2.75) is 25.2 Å². The van der Waals surface area contributed by atoms with Gasteiger partial charge in [0.1, 0.15) is 12.7 Å². The molecule has 1 aliphatic rings. The third-order valence-corrected chi connectivity index (χ3v) is 5.07. The second kappa shape index (κ2) is 8.80. The van der Waals surface area contributed by atoms with Crippen molar-refractivity contribution in [1.82, 2.24) is 4.90 Å². The normalized spacial score (nSPS) is 17.4. The number of aliphatic hydroxyl groups is 1. The summed E-state index contributed by atoms with van der Waals surface area (Å²) in [6, 6.07) is 19.7. The predicted octanol–water partition coefficient (Wildman–Crippen LogP) is 4.55. The second-order valence-corrected chi connectivity index (χ2v) is 7.04. The smallest absolute Gasteiger partial charge is 0.414 e. The molecule has 152 valence electrons. The molecular formula is C24H21NO5. The Balaban J connectivity index is 1.63. The first-order valence-corrected chi connectivity index (χ1v) is 9.62. The Morgan fingerprint density at radius 2 is 1.80 bits per heavy atom. The highest BCUT2D eigenvalue weighted by atomic mass is 16.6. The van der Waals surface area contributed by atoms with Crippen molar-refractivity contribution in [2.75, 3.05) is 0 Å². The summed E-state index contributed by atoms with van der Waals surface area (Å²) in [5.41, 5.74) is 2.25. The van der Waals surface area contributed by atoms with Crippen LogP contribution in [0.3, 0.4) is 0 Å². The highest BCUT2D eigenvalue weighted by Gasteiger charge is 2.36. The number of hydrogen-bond acceptors (Lipinski definition) is 5. The largest absolute Gasteiger partial charge is 0.472 e. The fraction of sp³-hybridized carbons (Fsp3) is 0.167. The molecule has 0 saturated heterocycles. The fourth-order valence-electron chi connectivity index (χ4n) is 3.46. The van der Waals surface area contributed by atoms with Gasteiger partial charge >= 0.3 is 6.09 Å². The van der Waals surface area contributed by atoms with E-state index >= 15 is 0 Å². The van der Waals surface area contributed by atoms with E-state index in [0.717, 1.165) is 11.1 Å². The summed E-state index contributed by atoms with van der Waals surface area (Å²) in [5.74, 6) is -0.232. The molecule has 0 saturated carbocycles. The van der Waals surface area contributed by atoms with Gasteiger partial charge in [0.25, 0.3) is 0 Å². The van der Waals surface area contributed by atoms with Crippen LogP contribution in [0.1, 0.15) is 35.3 Å². The van der Waals surface area contributed by atoms with Crippen molar-refractivity contribution >= 4 is 11.9 Å². The first-order valence-electron chi connectivity index (χ1n) is 9.62. The molecule has 1 aliphatic heterocycles. The summed E-state index contributed by atoms with van der Waals surface area (Å²) in [4.78, 5) is 27.2. The van der Waals surface area contributed by atoms with E-state index in [2.05, 4.69) is 0 Å². The van der Waals surface area contributed by atoms with E-state index in [9.17, 15) is 14.7 Å². The van der Waals surface area contributed by atoms with E-state index in [4.69, 9.17) is 9.15 Å². The number of Topliss-reactive ketones (excluding diaryl/α,β-unsaturated/α-hetero) is 1. The maximum Gasteiger partial charge on any atom is 0.414 e. The molecule has 1 amide bonds. The molecule has 3 aromatic rings. The first kappa shape index (κ1) is 19.7. The van der Waals surface area contributed by atoms with E-state index in [1.807, 2.05) is 60.7 Å². The van der Waals surface area contributed by atoms with Crippen LogP contribution < -0.4 is 0 Å². The van der Waals surface area contributed by atoms with E-state index in [0.29, 0.717) is 5.56 Å². The number of nitrogens with zero attached hydrogens (tertiary/aromatic N) is 1. The van der Waals surface area contributed by atoms with Gasteiger partial charge in [-0.3, -0.25) is 9.69 Å². The van der Waals surface area contributed by atoms with Crippen molar-refractivity contribution in [3.8, 4) is 0 Å². The van der Waals surface area contributed by atoms with E-state index in [1.54, 1.807) is 6.07 Å². The SMILES string of the molecule is O=C1CC(c2ccccc2)N(C(=O)OCc2ccccc2)C=C1C(O)c1ccoc1. The van der Waals surface area contributed by atoms with Gasteiger partial charge in [0.2, 0.25) is 0 Å². The van der Waals surface area contributed by atoms with Crippen LogP contribution in [0.4, 0.5) is 4.79 Å². The predicted molar refractivity (Wildman–Crippen MR) is 109 cm³/mol. The van der Waals surface area contributed by atoms with Crippen LogP contribution in [0.5, 0.6) is 0 Å². The minimum atomic E-state index is -1.18. The molecule has 0 fully saturated rings. The number of ether oxygens (including phenoxy) is 1. The van der Waals surface area contributed by atoms with Gasteiger partial charge in [-0.2, -0.15) is 0 Å². The van der Waals surface area contributed by atoms with Gasteiger partial charge in [0.05, 0.1) is 18.6 Å². The monoisotopic (exact) mass is 403 g/mol. The van der Waals surface area contributed by atoms with Gasteiger partial charge in [-0.15, -0.1) is 0 Å². The summed E-state index contributed by atoms with van der Waals surface area (Å²) >= 11 is 0. The van der Waals surface area contributed by atoms with Crippen LogP contribution in [-0.4, -0.2) is 21.9 Å². The lowest BCUT2D eigenvalue weighted by Crippen LogP contribution is -2.37. The fourth-order valence-corrected chi connectivity index (χ4v) is 3.46. The lowest BCUT2D eigenvalue weighted by molar-refractivity contribution is -0.118. The summed E-state index contributed by atoms with van der Waals surface area (Å²) in [6.07, 6.45) is 2.47. The van der Waals surface area contributed by atoms with Gasteiger partial charge in [-0.1, -0.05) is 60.7 Å². The van der Waals surface area contributed by atoms with Crippen LogP contribution in [0.15, 0.2) is 95.4 Å². The Kier molecular flexibility index (Phi) is 5.77. The van der Waals surface area contributed by atoms with E-state index < -0.39 is 18.2 Å². The van der Waals surface area contributed by atoms with Crippen molar-refractivity contribution in [2.24, 2.45) is 0 Å². The topological polar surface area (TPSA) is 80.0 Å². The van der Waals surface area contributed by atoms with Crippen LogP contribution >= 0.6 is 0 Å². The Morgan fingerprint density at radius 3 is 2.47 bits per heavy atom. The molecule has 2 atom stereocenters. The highest BCUT2D eigenvalue weighted by Crippen LogP contribution is 2.36. The highest BCUT2D eigenvalue weighted by molar-refractivity contribution is 5.98. The van der Waals surface area contributed by atoms with Crippen molar-refractivity contribution in [3.05, 3.63) is 108 Å². The van der Waals surface area contributed by atoms with Crippen molar-refractivity contribution in [3.63, 3.8) is 0 Å². The molecule has 2 heterocycles. The molecule has 0 radical (unpaired) electrons. The number of carbonyl (C=O) groups is 2. The van der Waals surface area contributed by atoms with Crippen LogP contribution in [-0.2, 0) is 16.1 Å². The van der Waals surface area contributed by atoms with Gasteiger partial charge in [-0.25, -0.2) is 4.79 Å². The first-order chi connectivity index (χ1) is 14.6. The van der Waals surface area contributed by atoms with Crippen molar-refractivity contribution < 1.29 is 23.8 Å². The zero-order valence-corrected chi connectivity index (χ0v) is 16.2. The number of carbonyl (C=O) groups excluding carboxylic acids is 2. The molecular weight excluding hydrogens is 382 g/mol. The lowest BCUT2D eigenvalue weighted by atomic mass is 9.90. The zero-order valence-electron chi connectivity index (χ0n) is 16.2. The lowest BCUT2D eigenvalue weighted by Gasteiger charge is -2.33. The molecule has 0 spiro atoms. The Bertz CT molecular complexity index is 1030. The standard InChI is InChI=1S/C24H21NO5/c26-22-13-21(18-9-5-2-6-10-18)25(14-20(22)23(27)19-11-12-29-16-19)24(28)30-15-17-7-3-1-4-8-17/h1-12,14,16,21,23,27H,13,15H2. The molecule has 6 nitrogen and oxygen atoms in total. The summed E-state index contributed by atoms with van der Waals surface area (Å²) in [7, 11) is 0. The number of benzene rings is 2. The molecule has 30 heavy (non-hydrogen) atoms. The molecule has 1 aromatic heterocycles. The molecule has 0 aliphatic carbocycles. The third kappa shape index (κ3) is 4.18. The van der Waals surface area contributed by atoms with Gasteiger partial charge < -0.3 is 14.3 Å². The van der Waals surface area contributed by atoms with Gasteiger partial charge in [0, 0.05) is 23.8 Å². The van der Waals surface area contributed by atoms with Crippen molar-refractivity contribution in [1.29, 1.82) is 0 Å². The second-order valence-electron chi connectivity index (χ2n) is 7.04. The number of ketones is 1. The van der Waals surface area contributed by atoms with Gasteiger partial charge in [-0.05, 0) is 17.2 Å². The van der Waals surface area contributed by atoms with Crippen LogP contribution in [0.2, 0.25) is 0 Å². The van der Waals surface area contributed by atoms with E-state index in [-0.39, 0.29) is 24.4 Å². The number of hydrogen-bond donors (Lipinski definition) is 1. The number of furan rings is 1. The maximum atomic E-state index is 13.0. The average Bonchev–Trinajstić information content (AvgIpc) is 3.33. The van der Waals surface area contributed by atoms with Crippen LogP contribution in [0.25, 0.3) is 0 Å². The molecule has 1 N–H and O–H groups in total. The Hall–Kier alpha value is -3.64. The van der Waals surface area contributed by atoms with Crippen LogP contribution in [0, 0.1) is 0 Å². The summed E-state index contributed by atoms with van der Waals surface area (Å²) < 4.78 is 10.5. The number of amides is 1. The average molecular weight is 403 g/mol. The molecule has 0 bridgehead atoms. The maximum absolute atomic E-state index is 13.0. The minimum Gasteiger partial charge on any atom is -0.472 e. The molecule has 6 heteroatoms. The molecule has 4 rings (SSSR count). The Morgan fingerprint density at radius 1 is 1.10 bits per heavy atom. The van der Waals surface area contributed by atoms with E-state index in [1.165, 1.54) is 23.6 Å². The number of rotatable bonds is 5. The molecule has 2 aromatic carbocycles. The summed E-state index contributed by atoms with van der Waals surface area (Å²) in [6.45, 7) is 0.110. The minimum absolute atomic E-state index is 0.0468.